The highest BCUT2D eigenvalue weighted by atomic mass is 19.1. The van der Waals surface area contributed by atoms with Gasteiger partial charge < -0.3 is 18.8 Å². The van der Waals surface area contributed by atoms with Gasteiger partial charge in [0.15, 0.2) is 11.5 Å². The van der Waals surface area contributed by atoms with Crippen molar-refractivity contribution in [2.75, 3.05) is 20.8 Å². The van der Waals surface area contributed by atoms with Crippen molar-refractivity contribution >= 4 is 5.91 Å². The van der Waals surface area contributed by atoms with Gasteiger partial charge in [-0.25, -0.2) is 4.39 Å². The summed E-state index contributed by atoms with van der Waals surface area (Å²) in [6, 6.07) is 9.84. The molecular weight excluding hydrogens is 365 g/mol. The largest absolute Gasteiger partial charge is 0.493 e. The maximum atomic E-state index is 13.9. The van der Waals surface area contributed by atoms with E-state index >= 15 is 0 Å². The number of fused-ring (bicyclic) bond motifs is 1. The van der Waals surface area contributed by atoms with Crippen molar-refractivity contribution in [2.45, 2.75) is 13.0 Å². The van der Waals surface area contributed by atoms with Gasteiger partial charge in [0.25, 0.3) is 5.89 Å². The van der Waals surface area contributed by atoms with Crippen LogP contribution in [0.5, 0.6) is 11.5 Å². The molecular formula is C20H18FN3O4. The molecule has 0 atom stereocenters. The first-order valence-electron chi connectivity index (χ1n) is 8.72. The summed E-state index contributed by atoms with van der Waals surface area (Å²) >= 11 is 0. The number of carbonyl (C=O) groups is 1. The van der Waals surface area contributed by atoms with Crippen molar-refractivity contribution in [1.82, 2.24) is 15.1 Å². The fourth-order valence-corrected chi connectivity index (χ4v) is 3.24. The summed E-state index contributed by atoms with van der Waals surface area (Å²) in [5.41, 5.74) is 2.22. The Balaban J connectivity index is 1.57. The van der Waals surface area contributed by atoms with Gasteiger partial charge in [-0.05, 0) is 41.8 Å². The van der Waals surface area contributed by atoms with Crippen molar-refractivity contribution in [1.29, 1.82) is 0 Å². The number of amides is 1. The minimum Gasteiger partial charge on any atom is -0.493 e. The lowest BCUT2D eigenvalue weighted by atomic mass is 9.98. The van der Waals surface area contributed by atoms with E-state index in [0.29, 0.717) is 31.0 Å². The van der Waals surface area contributed by atoms with Gasteiger partial charge in [-0.15, -0.1) is 10.2 Å². The highest BCUT2D eigenvalue weighted by Gasteiger charge is 2.27. The van der Waals surface area contributed by atoms with Crippen LogP contribution >= 0.6 is 0 Å². The number of nitrogens with zero attached hydrogens (tertiary/aromatic N) is 3. The van der Waals surface area contributed by atoms with Gasteiger partial charge in [-0.2, -0.15) is 0 Å². The summed E-state index contributed by atoms with van der Waals surface area (Å²) < 4.78 is 30.0. The minimum absolute atomic E-state index is 0.0229. The van der Waals surface area contributed by atoms with E-state index in [0.717, 1.165) is 11.1 Å². The summed E-state index contributed by atoms with van der Waals surface area (Å²) in [6.45, 7) is 0.880. The summed E-state index contributed by atoms with van der Waals surface area (Å²) in [5, 5.41) is 7.62. The van der Waals surface area contributed by atoms with Crippen molar-refractivity contribution in [2.24, 2.45) is 0 Å². The number of methoxy groups -OCH3 is 2. The van der Waals surface area contributed by atoms with E-state index in [1.54, 1.807) is 31.3 Å². The third kappa shape index (κ3) is 3.17. The molecule has 0 spiro atoms. The molecule has 144 valence electrons. The Kier molecular flexibility index (Phi) is 4.68. The van der Waals surface area contributed by atoms with Crippen LogP contribution in [-0.4, -0.2) is 41.8 Å². The molecule has 1 aliphatic heterocycles. The molecule has 1 aromatic heterocycles. The van der Waals surface area contributed by atoms with Crippen molar-refractivity contribution in [3.63, 3.8) is 0 Å². The van der Waals surface area contributed by atoms with Gasteiger partial charge in [0, 0.05) is 13.1 Å². The van der Waals surface area contributed by atoms with Crippen molar-refractivity contribution in [3.8, 4) is 23.0 Å². The van der Waals surface area contributed by atoms with Crippen LogP contribution in [-0.2, 0) is 13.0 Å². The average Bonchev–Trinajstić information content (AvgIpc) is 3.22. The highest BCUT2D eigenvalue weighted by Crippen LogP contribution is 2.33. The van der Waals surface area contributed by atoms with Crippen molar-refractivity contribution < 1.29 is 23.1 Å². The molecule has 0 aliphatic carbocycles. The van der Waals surface area contributed by atoms with Crippen LogP contribution in [0, 0.1) is 5.82 Å². The summed E-state index contributed by atoms with van der Waals surface area (Å²) in [4.78, 5) is 14.4. The number of aromatic nitrogens is 2. The molecule has 0 fully saturated rings. The molecule has 2 aromatic carbocycles. The van der Waals surface area contributed by atoms with Crippen LogP contribution in [0.2, 0.25) is 0 Å². The maximum Gasteiger partial charge on any atom is 0.311 e. The normalized spacial score (nSPS) is 13.2. The molecule has 1 aliphatic rings. The third-order valence-corrected chi connectivity index (χ3v) is 4.72. The molecule has 0 saturated heterocycles. The first kappa shape index (κ1) is 18.0. The number of rotatable bonds is 4. The van der Waals surface area contributed by atoms with Gasteiger partial charge in [-0.3, -0.25) is 4.79 Å². The smallest absolute Gasteiger partial charge is 0.311 e. The van der Waals surface area contributed by atoms with E-state index in [9.17, 15) is 9.18 Å². The average molecular weight is 383 g/mol. The van der Waals surface area contributed by atoms with E-state index in [-0.39, 0.29) is 17.3 Å². The molecule has 0 saturated carbocycles. The van der Waals surface area contributed by atoms with Gasteiger partial charge in [0.2, 0.25) is 0 Å². The molecule has 4 rings (SSSR count). The van der Waals surface area contributed by atoms with Gasteiger partial charge in [0.1, 0.15) is 5.82 Å². The summed E-state index contributed by atoms with van der Waals surface area (Å²) in [5.74, 6) is 0.198. The van der Waals surface area contributed by atoms with E-state index < -0.39 is 11.7 Å². The standard InChI is InChI=1S/C20H18FN3O4/c1-26-16-9-12-7-8-24(11-13(12)10-17(16)27-2)20(25)19-23-22-18(28-19)14-5-3-4-6-15(14)21/h3-6,9-10H,7-8,11H2,1-2H3. The SMILES string of the molecule is COc1cc2c(cc1OC)CN(C(=O)c1nnc(-c3ccccc3F)o1)CC2. The number of ether oxygens (including phenoxy) is 2. The minimum atomic E-state index is -0.488. The number of benzene rings is 2. The number of hydrogen-bond acceptors (Lipinski definition) is 6. The van der Waals surface area contributed by atoms with Gasteiger partial charge >= 0.3 is 11.8 Å². The van der Waals surface area contributed by atoms with Gasteiger partial charge in [-0.1, -0.05) is 12.1 Å². The van der Waals surface area contributed by atoms with Crippen LogP contribution < -0.4 is 9.47 Å². The van der Waals surface area contributed by atoms with E-state index in [4.69, 9.17) is 13.9 Å². The van der Waals surface area contributed by atoms with E-state index in [1.807, 2.05) is 12.1 Å². The Bertz CT molecular complexity index is 1030. The predicted octanol–water partition coefficient (Wildman–Crippen LogP) is 3.09. The lowest BCUT2D eigenvalue weighted by Gasteiger charge is -2.28. The van der Waals surface area contributed by atoms with Crippen molar-refractivity contribution in [3.05, 3.63) is 59.2 Å². The van der Waals surface area contributed by atoms with Gasteiger partial charge in [0.05, 0.1) is 19.8 Å². The predicted molar refractivity (Wildman–Crippen MR) is 97.7 cm³/mol. The lowest BCUT2D eigenvalue weighted by Crippen LogP contribution is -2.36. The molecule has 0 unspecified atom stereocenters. The number of halogens is 1. The van der Waals surface area contributed by atoms with E-state index in [1.165, 1.54) is 12.1 Å². The Morgan fingerprint density at radius 1 is 1.11 bits per heavy atom. The topological polar surface area (TPSA) is 77.7 Å². The Morgan fingerprint density at radius 3 is 2.54 bits per heavy atom. The summed E-state index contributed by atoms with van der Waals surface area (Å²) in [6.07, 6.45) is 0.662. The number of carbonyl (C=O) groups excluding carboxylic acids is 1. The lowest BCUT2D eigenvalue weighted by molar-refractivity contribution is 0.0694. The Hall–Kier alpha value is -3.42. The van der Waals surface area contributed by atoms with Crippen LogP contribution in [0.15, 0.2) is 40.8 Å². The fraction of sp³-hybridized carbons (Fsp3) is 0.250. The molecule has 0 radical (unpaired) electrons. The second-order valence-electron chi connectivity index (χ2n) is 6.34. The second kappa shape index (κ2) is 7.30. The molecule has 2 heterocycles. The first-order chi connectivity index (χ1) is 13.6. The van der Waals surface area contributed by atoms with Crippen LogP contribution in [0.25, 0.3) is 11.5 Å². The summed E-state index contributed by atoms with van der Waals surface area (Å²) in [7, 11) is 3.16. The Labute approximate surface area is 160 Å². The highest BCUT2D eigenvalue weighted by molar-refractivity contribution is 5.90. The van der Waals surface area contributed by atoms with Crippen LogP contribution in [0.4, 0.5) is 4.39 Å². The zero-order valence-corrected chi connectivity index (χ0v) is 15.4. The van der Waals surface area contributed by atoms with E-state index in [2.05, 4.69) is 10.2 Å². The molecule has 0 N–H and O–H groups in total. The molecule has 7 nitrogen and oxygen atoms in total. The Morgan fingerprint density at radius 2 is 1.82 bits per heavy atom. The first-order valence-corrected chi connectivity index (χ1v) is 8.72. The second-order valence-corrected chi connectivity index (χ2v) is 6.34. The molecule has 28 heavy (non-hydrogen) atoms. The zero-order valence-electron chi connectivity index (χ0n) is 15.4. The maximum absolute atomic E-state index is 13.9. The monoisotopic (exact) mass is 383 g/mol. The molecule has 8 heteroatoms. The quantitative estimate of drug-likeness (QED) is 0.689. The molecule has 0 bridgehead atoms. The van der Waals surface area contributed by atoms with Crippen LogP contribution in [0.3, 0.4) is 0 Å². The van der Waals surface area contributed by atoms with Crippen LogP contribution in [0.1, 0.15) is 21.8 Å². The molecule has 1 amide bonds. The fourth-order valence-electron chi connectivity index (χ4n) is 3.24. The zero-order chi connectivity index (χ0) is 19.7. The third-order valence-electron chi connectivity index (χ3n) is 4.72. The molecule has 3 aromatic rings. The number of hydrogen-bond donors (Lipinski definition) is 0.